The summed E-state index contributed by atoms with van der Waals surface area (Å²) < 4.78 is 0. The van der Waals surface area contributed by atoms with Crippen molar-refractivity contribution in [3.8, 4) is 0 Å². The van der Waals surface area contributed by atoms with Crippen LogP contribution in [0.3, 0.4) is 0 Å². The van der Waals surface area contributed by atoms with Gasteiger partial charge in [-0.15, -0.1) is 0 Å². The van der Waals surface area contributed by atoms with Crippen molar-refractivity contribution in [1.29, 1.82) is 0 Å². The van der Waals surface area contributed by atoms with Crippen molar-refractivity contribution in [2.45, 2.75) is 32.2 Å². The molecule has 1 aromatic rings. The number of hydrogen-bond donors (Lipinski definition) is 2. The predicted octanol–water partition coefficient (Wildman–Crippen LogP) is 2.61. The predicted molar refractivity (Wildman–Crippen MR) is 74.8 cm³/mol. The zero-order chi connectivity index (χ0) is 11.9. The Hall–Kier alpha value is -0.970. The van der Waals surface area contributed by atoms with Gasteiger partial charge in [0.1, 0.15) is 5.82 Å². The van der Waals surface area contributed by atoms with Crippen LogP contribution in [0, 0.1) is 0 Å². The van der Waals surface area contributed by atoms with Gasteiger partial charge in [-0.2, -0.15) is 16.7 Å². The van der Waals surface area contributed by atoms with E-state index in [9.17, 15) is 0 Å². The van der Waals surface area contributed by atoms with Gasteiger partial charge in [-0.05, 0) is 31.1 Å². The van der Waals surface area contributed by atoms with E-state index in [1.165, 1.54) is 24.3 Å². The fraction of sp³-hybridized carbons (Fsp3) is 0.667. The van der Waals surface area contributed by atoms with E-state index in [1.807, 2.05) is 24.0 Å². The minimum atomic E-state index is 0.558. The van der Waals surface area contributed by atoms with Crippen LogP contribution >= 0.6 is 11.8 Å². The lowest BCUT2D eigenvalue weighted by Crippen LogP contribution is -2.26. The first-order valence-electron chi connectivity index (χ1n) is 6.29. The summed E-state index contributed by atoms with van der Waals surface area (Å²) >= 11 is 2.02. The van der Waals surface area contributed by atoms with Gasteiger partial charge in [0, 0.05) is 24.5 Å². The third kappa shape index (κ3) is 4.07. The molecule has 0 aromatic carbocycles. The van der Waals surface area contributed by atoms with E-state index in [4.69, 9.17) is 0 Å². The summed E-state index contributed by atoms with van der Waals surface area (Å²) in [6.07, 6.45) is 5.44. The Morgan fingerprint density at radius 3 is 3.24 bits per heavy atom. The van der Waals surface area contributed by atoms with Crippen LogP contribution in [0.4, 0.5) is 11.8 Å². The second kappa shape index (κ2) is 6.69. The summed E-state index contributed by atoms with van der Waals surface area (Å²) in [5, 5.41) is 6.69. The van der Waals surface area contributed by atoms with Crippen LogP contribution in [0.25, 0.3) is 0 Å². The maximum atomic E-state index is 4.46. The molecule has 1 aliphatic rings. The molecule has 1 aliphatic heterocycles. The van der Waals surface area contributed by atoms with Crippen molar-refractivity contribution in [3.63, 3.8) is 0 Å². The highest BCUT2D eigenvalue weighted by Crippen LogP contribution is 2.20. The lowest BCUT2D eigenvalue weighted by Gasteiger charge is -2.23. The Morgan fingerprint density at radius 2 is 2.47 bits per heavy atom. The molecule has 0 bridgehead atoms. The first kappa shape index (κ1) is 12.5. The molecule has 2 N–H and O–H groups in total. The Kier molecular flexibility index (Phi) is 4.91. The van der Waals surface area contributed by atoms with Crippen molar-refractivity contribution < 1.29 is 0 Å². The summed E-state index contributed by atoms with van der Waals surface area (Å²) in [6, 6.07) is 2.50. The maximum Gasteiger partial charge on any atom is 0.224 e. The average molecular weight is 252 g/mol. The fourth-order valence-corrected chi connectivity index (χ4v) is 2.90. The normalized spacial score (nSPS) is 19.9. The molecule has 94 valence electrons. The quantitative estimate of drug-likeness (QED) is 0.843. The summed E-state index contributed by atoms with van der Waals surface area (Å²) in [5.41, 5.74) is 0. The molecule has 1 fully saturated rings. The zero-order valence-electron chi connectivity index (χ0n) is 10.3. The number of hydrogen-bond acceptors (Lipinski definition) is 5. The van der Waals surface area contributed by atoms with Crippen LogP contribution in [0.5, 0.6) is 0 Å². The molecule has 1 atom stereocenters. The second-order valence-electron chi connectivity index (χ2n) is 4.25. The fourth-order valence-electron chi connectivity index (χ4n) is 1.82. The number of rotatable bonds is 5. The van der Waals surface area contributed by atoms with E-state index in [0.29, 0.717) is 6.04 Å². The van der Waals surface area contributed by atoms with Gasteiger partial charge in [-0.25, -0.2) is 4.98 Å². The number of nitrogens with one attached hydrogen (secondary N) is 2. The minimum absolute atomic E-state index is 0.558. The van der Waals surface area contributed by atoms with Gasteiger partial charge in [0.05, 0.1) is 0 Å². The van der Waals surface area contributed by atoms with E-state index in [0.717, 1.165) is 24.7 Å². The third-order valence-electron chi connectivity index (χ3n) is 2.70. The van der Waals surface area contributed by atoms with Gasteiger partial charge in [0.15, 0.2) is 0 Å². The van der Waals surface area contributed by atoms with Crippen LogP contribution < -0.4 is 10.6 Å². The van der Waals surface area contributed by atoms with Crippen LogP contribution in [-0.4, -0.2) is 34.1 Å². The van der Waals surface area contributed by atoms with Gasteiger partial charge < -0.3 is 10.6 Å². The van der Waals surface area contributed by atoms with Gasteiger partial charge in [0.25, 0.3) is 0 Å². The summed E-state index contributed by atoms with van der Waals surface area (Å²) in [7, 11) is 0. The Bertz CT molecular complexity index is 339. The van der Waals surface area contributed by atoms with E-state index in [2.05, 4.69) is 27.5 Å². The molecule has 0 saturated carbocycles. The first-order chi connectivity index (χ1) is 8.38. The average Bonchev–Trinajstić information content (AvgIpc) is 2.38. The van der Waals surface area contributed by atoms with Crippen LogP contribution in [-0.2, 0) is 0 Å². The van der Waals surface area contributed by atoms with E-state index in [1.54, 1.807) is 0 Å². The highest BCUT2D eigenvalue weighted by molar-refractivity contribution is 7.99. The highest BCUT2D eigenvalue weighted by Gasteiger charge is 2.13. The van der Waals surface area contributed by atoms with Crippen molar-refractivity contribution in [3.05, 3.63) is 12.3 Å². The van der Waals surface area contributed by atoms with E-state index >= 15 is 0 Å². The van der Waals surface area contributed by atoms with Crippen LogP contribution in [0.15, 0.2) is 12.3 Å². The summed E-state index contributed by atoms with van der Waals surface area (Å²) in [5.74, 6) is 4.14. The Morgan fingerprint density at radius 1 is 1.53 bits per heavy atom. The van der Waals surface area contributed by atoms with Crippen LogP contribution in [0.2, 0.25) is 0 Å². The second-order valence-corrected chi connectivity index (χ2v) is 5.40. The third-order valence-corrected chi connectivity index (χ3v) is 3.92. The van der Waals surface area contributed by atoms with Crippen molar-refractivity contribution in [1.82, 2.24) is 9.97 Å². The first-order valence-corrected chi connectivity index (χ1v) is 7.45. The topological polar surface area (TPSA) is 49.8 Å². The molecule has 0 amide bonds. The van der Waals surface area contributed by atoms with Crippen molar-refractivity contribution >= 4 is 23.5 Å². The molecule has 0 radical (unpaired) electrons. The zero-order valence-corrected chi connectivity index (χ0v) is 11.1. The number of thioether (sulfide) groups is 1. The molecule has 0 aliphatic carbocycles. The number of aromatic nitrogens is 2. The molecule has 1 unspecified atom stereocenters. The SMILES string of the molecule is CCCNc1nccc(NC2CCCSC2)n1. The maximum absolute atomic E-state index is 4.46. The lowest BCUT2D eigenvalue weighted by atomic mass is 10.2. The van der Waals surface area contributed by atoms with Crippen molar-refractivity contribution in [2.75, 3.05) is 28.7 Å². The van der Waals surface area contributed by atoms with Gasteiger partial charge in [-0.3, -0.25) is 0 Å². The van der Waals surface area contributed by atoms with Gasteiger partial charge >= 0.3 is 0 Å². The monoisotopic (exact) mass is 252 g/mol. The molecule has 2 heterocycles. The van der Waals surface area contributed by atoms with Gasteiger partial charge in [-0.1, -0.05) is 6.92 Å². The molecule has 0 spiro atoms. The smallest absolute Gasteiger partial charge is 0.224 e. The molecule has 2 rings (SSSR count). The molecule has 4 nitrogen and oxygen atoms in total. The Balaban J connectivity index is 1.90. The molecule has 1 saturated heterocycles. The van der Waals surface area contributed by atoms with Crippen molar-refractivity contribution in [2.24, 2.45) is 0 Å². The molecule has 17 heavy (non-hydrogen) atoms. The number of anilines is 2. The highest BCUT2D eigenvalue weighted by atomic mass is 32.2. The lowest BCUT2D eigenvalue weighted by molar-refractivity contribution is 0.682. The summed E-state index contributed by atoms with van der Waals surface area (Å²) in [4.78, 5) is 8.66. The van der Waals surface area contributed by atoms with E-state index < -0.39 is 0 Å². The van der Waals surface area contributed by atoms with Gasteiger partial charge in [0.2, 0.25) is 5.95 Å². The largest absolute Gasteiger partial charge is 0.366 e. The molecular weight excluding hydrogens is 232 g/mol. The number of nitrogens with zero attached hydrogens (tertiary/aromatic N) is 2. The standard InChI is InChI=1S/C12H20N4S/c1-2-6-13-12-14-7-5-11(16-12)15-10-4-3-8-17-9-10/h5,7,10H,2-4,6,8-9H2,1H3,(H2,13,14,15,16). The summed E-state index contributed by atoms with van der Waals surface area (Å²) in [6.45, 7) is 3.05. The Labute approximate surface area is 107 Å². The molecule has 5 heteroatoms. The van der Waals surface area contributed by atoms with Crippen LogP contribution in [0.1, 0.15) is 26.2 Å². The molecule has 1 aromatic heterocycles. The molecular formula is C12H20N4S. The van der Waals surface area contributed by atoms with E-state index in [-0.39, 0.29) is 0 Å². The minimum Gasteiger partial charge on any atom is -0.366 e.